The van der Waals surface area contributed by atoms with E-state index in [1.165, 1.54) is 0 Å². The Morgan fingerprint density at radius 3 is 2.60 bits per heavy atom. The Hall–Kier alpha value is -1.12. The molecule has 0 radical (unpaired) electrons. The van der Waals surface area contributed by atoms with Gasteiger partial charge in [-0.2, -0.15) is 0 Å². The molecule has 0 bridgehead atoms. The van der Waals surface area contributed by atoms with E-state index in [1.807, 2.05) is 37.3 Å². The van der Waals surface area contributed by atoms with Crippen molar-refractivity contribution in [3.05, 3.63) is 45.8 Å². The Kier molecular flexibility index (Phi) is 2.89. The van der Waals surface area contributed by atoms with Crippen molar-refractivity contribution >= 4 is 29.2 Å². The van der Waals surface area contributed by atoms with E-state index >= 15 is 0 Å². The molecule has 2 rings (SSSR count). The minimum absolute atomic E-state index is 0.737. The number of aldehydes is 1. The first-order valence-electron chi connectivity index (χ1n) is 4.52. The van der Waals surface area contributed by atoms with E-state index in [9.17, 15) is 4.79 Å². The molecule has 1 heterocycles. The fourth-order valence-corrected chi connectivity index (χ4v) is 2.47. The van der Waals surface area contributed by atoms with Crippen molar-refractivity contribution in [2.75, 3.05) is 0 Å². The Bertz CT molecular complexity index is 502. The molecule has 0 N–H and O–H groups in total. The van der Waals surface area contributed by atoms with Crippen LogP contribution in [0.5, 0.6) is 0 Å². The fraction of sp³-hybridized carbons (Fsp3) is 0.0833. The van der Waals surface area contributed by atoms with Gasteiger partial charge in [-0.15, -0.1) is 11.3 Å². The lowest BCUT2D eigenvalue weighted by molar-refractivity contribution is 0.112. The fourth-order valence-electron chi connectivity index (χ4n) is 1.43. The van der Waals surface area contributed by atoms with Crippen LogP contribution in [0.3, 0.4) is 0 Å². The van der Waals surface area contributed by atoms with Gasteiger partial charge in [0.15, 0.2) is 0 Å². The molecule has 0 spiro atoms. The molecule has 76 valence electrons. The molecule has 0 saturated carbocycles. The van der Waals surface area contributed by atoms with Gasteiger partial charge in [0.1, 0.15) is 6.29 Å². The molecule has 3 heteroatoms. The standard InChI is InChI=1S/C12H9ClOS/c1-8-6-9(2-3-10(8)7-14)11-4-5-12(13)15-11/h2-7H,1H3. The summed E-state index contributed by atoms with van der Waals surface area (Å²) in [6, 6.07) is 9.66. The van der Waals surface area contributed by atoms with Crippen molar-refractivity contribution in [1.29, 1.82) is 0 Å². The number of hydrogen-bond donors (Lipinski definition) is 0. The van der Waals surface area contributed by atoms with Crippen molar-refractivity contribution in [3.63, 3.8) is 0 Å². The summed E-state index contributed by atoms with van der Waals surface area (Å²) in [7, 11) is 0. The first-order valence-corrected chi connectivity index (χ1v) is 5.71. The number of carbonyl (C=O) groups is 1. The van der Waals surface area contributed by atoms with Crippen LogP contribution in [0.15, 0.2) is 30.3 Å². The van der Waals surface area contributed by atoms with Crippen LogP contribution in [-0.2, 0) is 0 Å². The molecule has 0 aliphatic rings. The predicted octanol–water partition coefficient (Wildman–Crippen LogP) is 4.19. The monoisotopic (exact) mass is 236 g/mol. The highest BCUT2D eigenvalue weighted by Crippen LogP contribution is 2.31. The number of halogens is 1. The number of hydrogen-bond acceptors (Lipinski definition) is 2. The van der Waals surface area contributed by atoms with Crippen LogP contribution in [0.1, 0.15) is 15.9 Å². The highest BCUT2D eigenvalue weighted by molar-refractivity contribution is 7.19. The van der Waals surface area contributed by atoms with E-state index < -0.39 is 0 Å². The van der Waals surface area contributed by atoms with Gasteiger partial charge in [0.05, 0.1) is 4.34 Å². The third kappa shape index (κ3) is 2.11. The van der Waals surface area contributed by atoms with Gasteiger partial charge in [0.25, 0.3) is 0 Å². The van der Waals surface area contributed by atoms with Crippen LogP contribution >= 0.6 is 22.9 Å². The molecule has 0 amide bonds. The number of carbonyl (C=O) groups excluding carboxylic acids is 1. The second-order valence-corrected chi connectivity index (χ2v) is 5.01. The Balaban J connectivity index is 2.46. The van der Waals surface area contributed by atoms with Gasteiger partial charge >= 0.3 is 0 Å². The number of benzene rings is 1. The Labute approximate surface area is 97.3 Å². The van der Waals surface area contributed by atoms with Crippen LogP contribution in [0.2, 0.25) is 4.34 Å². The smallest absolute Gasteiger partial charge is 0.150 e. The summed E-state index contributed by atoms with van der Waals surface area (Å²) in [5.41, 5.74) is 2.84. The SMILES string of the molecule is Cc1cc(-c2ccc(Cl)s2)ccc1C=O. The van der Waals surface area contributed by atoms with E-state index in [2.05, 4.69) is 0 Å². The van der Waals surface area contributed by atoms with Crippen LogP contribution in [0.4, 0.5) is 0 Å². The Morgan fingerprint density at radius 1 is 1.27 bits per heavy atom. The van der Waals surface area contributed by atoms with Crippen molar-refractivity contribution in [3.8, 4) is 10.4 Å². The largest absolute Gasteiger partial charge is 0.298 e. The predicted molar refractivity (Wildman–Crippen MR) is 64.9 cm³/mol. The highest BCUT2D eigenvalue weighted by Gasteiger charge is 2.03. The third-order valence-corrected chi connectivity index (χ3v) is 3.53. The zero-order valence-electron chi connectivity index (χ0n) is 8.16. The quantitative estimate of drug-likeness (QED) is 0.715. The maximum absolute atomic E-state index is 10.7. The van der Waals surface area contributed by atoms with Gasteiger partial charge < -0.3 is 0 Å². The first-order chi connectivity index (χ1) is 7.20. The van der Waals surface area contributed by atoms with Crippen molar-refractivity contribution in [1.82, 2.24) is 0 Å². The molecule has 15 heavy (non-hydrogen) atoms. The third-order valence-electron chi connectivity index (χ3n) is 2.25. The summed E-state index contributed by atoms with van der Waals surface area (Å²) < 4.78 is 0.780. The molecule has 0 fully saturated rings. The Morgan fingerprint density at radius 2 is 2.07 bits per heavy atom. The molecule has 2 aromatic rings. The van der Waals surface area contributed by atoms with E-state index in [0.717, 1.165) is 32.2 Å². The van der Waals surface area contributed by atoms with Crippen LogP contribution < -0.4 is 0 Å². The summed E-state index contributed by atoms with van der Waals surface area (Å²) in [6.07, 6.45) is 0.876. The molecule has 0 saturated heterocycles. The minimum Gasteiger partial charge on any atom is -0.298 e. The average Bonchev–Trinajstić information content (AvgIpc) is 2.65. The highest BCUT2D eigenvalue weighted by atomic mass is 35.5. The topological polar surface area (TPSA) is 17.1 Å². The second-order valence-electron chi connectivity index (χ2n) is 3.29. The van der Waals surface area contributed by atoms with E-state index in [1.54, 1.807) is 11.3 Å². The maximum Gasteiger partial charge on any atom is 0.150 e. The lowest BCUT2D eigenvalue weighted by Crippen LogP contribution is -1.85. The van der Waals surface area contributed by atoms with Gasteiger partial charge in [-0.05, 0) is 36.2 Å². The minimum atomic E-state index is 0.737. The molecule has 1 nitrogen and oxygen atoms in total. The first kappa shape index (κ1) is 10.4. The number of thiophene rings is 1. The normalized spacial score (nSPS) is 10.3. The van der Waals surface area contributed by atoms with Gasteiger partial charge in [0, 0.05) is 10.4 Å². The molecule has 0 atom stereocenters. The summed E-state index contributed by atoms with van der Waals surface area (Å²) in [6.45, 7) is 1.93. The van der Waals surface area contributed by atoms with Crippen LogP contribution in [-0.4, -0.2) is 6.29 Å². The summed E-state index contributed by atoms with van der Waals surface area (Å²) in [4.78, 5) is 11.8. The van der Waals surface area contributed by atoms with Gasteiger partial charge in [0.2, 0.25) is 0 Å². The zero-order chi connectivity index (χ0) is 10.8. The average molecular weight is 237 g/mol. The van der Waals surface area contributed by atoms with Crippen molar-refractivity contribution < 1.29 is 4.79 Å². The molecule has 1 aromatic heterocycles. The van der Waals surface area contributed by atoms with Crippen LogP contribution in [0, 0.1) is 6.92 Å². The van der Waals surface area contributed by atoms with E-state index in [0.29, 0.717) is 0 Å². The molecule has 0 aliphatic carbocycles. The van der Waals surface area contributed by atoms with Crippen molar-refractivity contribution in [2.24, 2.45) is 0 Å². The lowest BCUT2D eigenvalue weighted by atomic mass is 10.1. The number of rotatable bonds is 2. The van der Waals surface area contributed by atoms with E-state index in [4.69, 9.17) is 11.6 Å². The summed E-state index contributed by atoms with van der Waals surface area (Å²) >= 11 is 7.41. The van der Waals surface area contributed by atoms with Crippen molar-refractivity contribution in [2.45, 2.75) is 6.92 Å². The molecule has 0 aliphatic heterocycles. The second kappa shape index (κ2) is 4.17. The molecular formula is C12H9ClOS. The lowest BCUT2D eigenvalue weighted by Gasteiger charge is -2.01. The maximum atomic E-state index is 10.7. The molecule has 1 aromatic carbocycles. The summed E-state index contributed by atoms with van der Waals surface area (Å²) in [5.74, 6) is 0. The molecule has 0 unspecified atom stereocenters. The number of aryl methyl sites for hydroxylation is 1. The van der Waals surface area contributed by atoms with Gasteiger partial charge in [-0.3, -0.25) is 4.79 Å². The van der Waals surface area contributed by atoms with E-state index in [-0.39, 0.29) is 0 Å². The zero-order valence-corrected chi connectivity index (χ0v) is 9.73. The van der Waals surface area contributed by atoms with Gasteiger partial charge in [-0.25, -0.2) is 0 Å². The molecular weight excluding hydrogens is 228 g/mol. The summed E-state index contributed by atoms with van der Waals surface area (Å²) in [5, 5.41) is 0. The van der Waals surface area contributed by atoms with Gasteiger partial charge in [-0.1, -0.05) is 23.7 Å². The van der Waals surface area contributed by atoms with Crippen LogP contribution in [0.25, 0.3) is 10.4 Å².